The molecule has 9 heteroatoms. The molecule has 0 N–H and O–H groups in total. The molecule has 0 spiro atoms. The van der Waals surface area contributed by atoms with E-state index in [4.69, 9.17) is 4.74 Å². The minimum atomic E-state index is -0.600. The van der Waals surface area contributed by atoms with Crippen LogP contribution in [0.1, 0.15) is 42.4 Å². The van der Waals surface area contributed by atoms with Crippen LogP contribution in [-0.4, -0.2) is 62.6 Å². The number of piperazine rings is 1. The third-order valence-corrected chi connectivity index (χ3v) is 6.42. The number of carbonyl (C=O) groups excluding carboxylic acids is 2. The number of nitrogens with zero attached hydrogens (tertiary/aromatic N) is 4. The van der Waals surface area contributed by atoms with Crippen molar-refractivity contribution in [1.82, 2.24) is 14.4 Å². The van der Waals surface area contributed by atoms with Gasteiger partial charge in [0.2, 0.25) is 0 Å². The fourth-order valence-electron chi connectivity index (χ4n) is 4.58. The Balaban J connectivity index is 1.58. The second-order valence-electron chi connectivity index (χ2n) is 10.2. The van der Waals surface area contributed by atoms with Gasteiger partial charge in [0.05, 0.1) is 16.5 Å². The molecule has 37 heavy (non-hydrogen) atoms. The molecular formula is C28H32N4O5. The van der Waals surface area contributed by atoms with E-state index in [0.717, 1.165) is 16.9 Å². The second kappa shape index (κ2) is 10.5. The van der Waals surface area contributed by atoms with Crippen LogP contribution in [0.4, 0.5) is 10.5 Å². The van der Waals surface area contributed by atoms with Crippen LogP contribution in [0, 0.1) is 17.0 Å². The topological polar surface area (TPSA) is 97.9 Å². The number of amides is 2. The summed E-state index contributed by atoms with van der Waals surface area (Å²) >= 11 is 0. The molecule has 1 fully saturated rings. The minimum absolute atomic E-state index is 0.0106. The van der Waals surface area contributed by atoms with Gasteiger partial charge in [0.1, 0.15) is 5.60 Å². The predicted molar refractivity (Wildman–Crippen MR) is 140 cm³/mol. The Morgan fingerprint density at radius 2 is 1.70 bits per heavy atom. The average Bonchev–Trinajstić information content (AvgIpc) is 3.24. The van der Waals surface area contributed by atoms with Crippen molar-refractivity contribution in [2.45, 2.75) is 45.8 Å². The van der Waals surface area contributed by atoms with E-state index in [1.54, 1.807) is 29.3 Å². The van der Waals surface area contributed by atoms with E-state index in [1.165, 1.54) is 12.1 Å². The summed E-state index contributed by atoms with van der Waals surface area (Å²) in [6, 6.07) is 17.7. The Kier molecular flexibility index (Phi) is 7.33. The SMILES string of the molecule is Cc1c(C(=O)N2CCN(C(=O)OC(C)(C)C)CC2Cc2ccccc2)ccn1-c1ccc([N+](=O)[O-])cc1. The molecule has 194 valence electrons. The van der Waals surface area contributed by atoms with E-state index < -0.39 is 10.5 Å². The molecule has 1 aliphatic heterocycles. The lowest BCUT2D eigenvalue weighted by atomic mass is 10.0. The van der Waals surface area contributed by atoms with Crippen LogP contribution in [0.15, 0.2) is 66.9 Å². The third-order valence-electron chi connectivity index (χ3n) is 6.42. The summed E-state index contributed by atoms with van der Waals surface area (Å²) < 4.78 is 7.44. The zero-order valence-corrected chi connectivity index (χ0v) is 21.6. The van der Waals surface area contributed by atoms with Crippen LogP contribution in [-0.2, 0) is 11.2 Å². The van der Waals surface area contributed by atoms with Gasteiger partial charge in [-0.3, -0.25) is 14.9 Å². The first-order valence-corrected chi connectivity index (χ1v) is 12.3. The first-order valence-electron chi connectivity index (χ1n) is 12.3. The number of ether oxygens (including phenoxy) is 1. The molecule has 0 radical (unpaired) electrons. The molecule has 3 aromatic rings. The van der Waals surface area contributed by atoms with Gasteiger partial charge in [-0.15, -0.1) is 0 Å². The number of nitro benzene ring substituents is 1. The van der Waals surface area contributed by atoms with E-state index in [1.807, 2.05) is 67.5 Å². The minimum Gasteiger partial charge on any atom is -0.444 e. The highest BCUT2D eigenvalue weighted by molar-refractivity contribution is 5.96. The maximum absolute atomic E-state index is 13.8. The van der Waals surface area contributed by atoms with Gasteiger partial charge in [-0.05, 0) is 57.9 Å². The summed E-state index contributed by atoms with van der Waals surface area (Å²) in [7, 11) is 0. The number of aromatic nitrogens is 1. The van der Waals surface area contributed by atoms with Gasteiger partial charge in [-0.1, -0.05) is 30.3 Å². The van der Waals surface area contributed by atoms with Crippen molar-refractivity contribution in [2.24, 2.45) is 0 Å². The molecule has 1 atom stereocenters. The molecule has 0 aliphatic carbocycles. The number of hydrogen-bond donors (Lipinski definition) is 0. The molecule has 1 saturated heterocycles. The maximum atomic E-state index is 13.8. The summed E-state index contributed by atoms with van der Waals surface area (Å²) in [5, 5.41) is 11.0. The number of non-ortho nitro benzene ring substituents is 1. The molecule has 0 saturated carbocycles. The quantitative estimate of drug-likeness (QED) is 0.360. The Morgan fingerprint density at radius 1 is 1.03 bits per heavy atom. The molecule has 1 aromatic heterocycles. The summed E-state index contributed by atoms with van der Waals surface area (Å²) in [4.78, 5) is 40.7. The largest absolute Gasteiger partial charge is 0.444 e. The Bertz CT molecular complexity index is 1280. The van der Waals surface area contributed by atoms with Gasteiger partial charge in [0, 0.05) is 49.3 Å². The number of nitro groups is 1. The van der Waals surface area contributed by atoms with Gasteiger partial charge >= 0.3 is 6.09 Å². The number of hydrogen-bond acceptors (Lipinski definition) is 5. The lowest BCUT2D eigenvalue weighted by molar-refractivity contribution is -0.384. The molecule has 9 nitrogen and oxygen atoms in total. The van der Waals surface area contributed by atoms with E-state index in [9.17, 15) is 19.7 Å². The molecule has 2 heterocycles. The van der Waals surface area contributed by atoms with Crippen molar-refractivity contribution in [2.75, 3.05) is 19.6 Å². The van der Waals surface area contributed by atoms with Crippen molar-refractivity contribution in [3.8, 4) is 5.69 Å². The molecular weight excluding hydrogens is 472 g/mol. The van der Waals surface area contributed by atoms with Gasteiger partial charge in [0.15, 0.2) is 0 Å². The lowest BCUT2D eigenvalue weighted by Gasteiger charge is -2.42. The fraction of sp³-hybridized carbons (Fsp3) is 0.357. The van der Waals surface area contributed by atoms with Crippen molar-refractivity contribution in [1.29, 1.82) is 0 Å². The Hall–Kier alpha value is -4.14. The number of benzene rings is 2. The molecule has 0 bridgehead atoms. The zero-order valence-electron chi connectivity index (χ0n) is 21.6. The zero-order chi connectivity index (χ0) is 26.7. The van der Waals surface area contributed by atoms with E-state index in [0.29, 0.717) is 31.6 Å². The van der Waals surface area contributed by atoms with Gasteiger partial charge in [-0.25, -0.2) is 4.79 Å². The van der Waals surface area contributed by atoms with Crippen molar-refractivity contribution >= 4 is 17.7 Å². The third kappa shape index (κ3) is 5.99. The maximum Gasteiger partial charge on any atom is 0.410 e. The number of carbonyl (C=O) groups is 2. The normalized spacial score (nSPS) is 15.9. The standard InChI is InChI=1S/C28H32N4O5/c1-20-25(14-15-30(20)22-10-12-23(13-11-22)32(35)36)26(33)31-17-16-29(27(34)37-28(2,3)4)19-24(31)18-21-8-6-5-7-9-21/h5-15,24H,16-19H2,1-4H3. The molecule has 1 unspecified atom stereocenters. The second-order valence-corrected chi connectivity index (χ2v) is 10.2. The van der Waals surface area contributed by atoms with Crippen LogP contribution in [0.2, 0.25) is 0 Å². The van der Waals surface area contributed by atoms with Crippen LogP contribution >= 0.6 is 0 Å². The Morgan fingerprint density at radius 3 is 2.32 bits per heavy atom. The Labute approximate surface area is 216 Å². The van der Waals surface area contributed by atoms with Crippen molar-refractivity contribution in [3.63, 3.8) is 0 Å². The summed E-state index contributed by atoms with van der Waals surface area (Å²) in [5.74, 6) is -0.108. The van der Waals surface area contributed by atoms with Crippen LogP contribution in [0.5, 0.6) is 0 Å². The van der Waals surface area contributed by atoms with E-state index in [2.05, 4.69) is 0 Å². The van der Waals surface area contributed by atoms with E-state index in [-0.39, 0.29) is 23.7 Å². The lowest BCUT2D eigenvalue weighted by Crippen LogP contribution is -2.58. The van der Waals surface area contributed by atoms with Gasteiger partial charge in [-0.2, -0.15) is 0 Å². The van der Waals surface area contributed by atoms with Crippen LogP contribution in [0.25, 0.3) is 5.69 Å². The predicted octanol–water partition coefficient (Wildman–Crippen LogP) is 5.00. The molecule has 2 amide bonds. The fourth-order valence-corrected chi connectivity index (χ4v) is 4.58. The highest BCUT2D eigenvalue weighted by Gasteiger charge is 2.35. The van der Waals surface area contributed by atoms with Gasteiger partial charge < -0.3 is 19.1 Å². The summed E-state index contributed by atoms with van der Waals surface area (Å²) in [6.45, 7) is 8.51. The molecule has 2 aromatic carbocycles. The van der Waals surface area contributed by atoms with Crippen molar-refractivity contribution < 1.29 is 19.2 Å². The monoisotopic (exact) mass is 504 g/mol. The summed E-state index contributed by atoms with van der Waals surface area (Å²) in [5.41, 5.74) is 2.52. The van der Waals surface area contributed by atoms with Crippen molar-refractivity contribution in [3.05, 3.63) is 93.8 Å². The molecule has 1 aliphatic rings. The number of rotatable bonds is 5. The average molecular weight is 505 g/mol. The van der Waals surface area contributed by atoms with Gasteiger partial charge in [0.25, 0.3) is 11.6 Å². The first-order chi connectivity index (χ1) is 17.5. The van der Waals surface area contributed by atoms with E-state index >= 15 is 0 Å². The highest BCUT2D eigenvalue weighted by Crippen LogP contribution is 2.24. The highest BCUT2D eigenvalue weighted by atomic mass is 16.6. The van der Waals surface area contributed by atoms with Crippen LogP contribution in [0.3, 0.4) is 0 Å². The summed E-state index contributed by atoms with van der Waals surface area (Å²) in [6.07, 6.45) is 2.03. The molecule has 4 rings (SSSR count). The first kappa shape index (κ1) is 25.9. The smallest absolute Gasteiger partial charge is 0.410 e. The van der Waals surface area contributed by atoms with Crippen LogP contribution < -0.4 is 0 Å².